The molecule has 0 aromatic heterocycles. The number of amides is 1. The Morgan fingerprint density at radius 2 is 1.71 bits per heavy atom. The monoisotopic (exact) mass is 494 g/mol. The van der Waals surface area contributed by atoms with E-state index in [4.69, 9.17) is 16.3 Å². The number of nitrogens with one attached hydrogen (secondary N) is 1. The quantitative estimate of drug-likeness (QED) is 0.301. The molecule has 1 amide bonds. The van der Waals surface area contributed by atoms with Crippen molar-refractivity contribution in [2.24, 2.45) is 0 Å². The zero-order valence-electron chi connectivity index (χ0n) is 17.1. The van der Waals surface area contributed by atoms with E-state index in [2.05, 4.69) is 21.2 Å². The number of rotatable bonds is 6. The number of hydrogen-bond donors (Lipinski definition) is 1. The van der Waals surface area contributed by atoms with Gasteiger partial charge in [0.2, 0.25) is 0 Å². The van der Waals surface area contributed by atoms with Gasteiger partial charge in [0.25, 0.3) is 5.91 Å². The van der Waals surface area contributed by atoms with E-state index in [0.717, 1.165) is 32.5 Å². The third-order valence-electron chi connectivity index (χ3n) is 4.56. The minimum Gasteiger partial charge on any atom is -0.488 e. The minimum absolute atomic E-state index is 0.0246. The molecule has 0 aliphatic rings. The van der Waals surface area contributed by atoms with Crippen LogP contribution in [0.5, 0.6) is 5.75 Å². The Labute approximate surface area is 195 Å². The van der Waals surface area contributed by atoms with Crippen molar-refractivity contribution in [1.29, 1.82) is 5.26 Å². The van der Waals surface area contributed by atoms with Gasteiger partial charge in [0, 0.05) is 15.2 Å². The zero-order chi connectivity index (χ0) is 22.4. The van der Waals surface area contributed by atoms with Crippen LogP contribution in [0.4, 0.5) is 5.69 Å². The predicted octanol–water partition coefficient (Wildman–Crippen LogP) is 6.84. The molecule has 0 heterocycles. The Hall–Kier alpha value is -3.07. The van der Waals surface area contributed by atoms with Crippen LogP contribution in [0.25, 0.3) is 6.08 Å². The lowest BCUT2D eigenvalue weighted by atomic mass is 10.0. The van der Waals surface area contributed by atoms with E-state index in [1.54, 1.807) is 18.2 Å². The smallest absolute Gasteiger partial charge is 0.266 e. The van der Waals surface area contributed by atoms with E-state index < -0.39 is 5.91 Å². The zero-order valence-corrected chi connectivity index (χ0v) is 19.4. The average Bonchev–Trinajstić information content (AvgIpc) is 2.74. The van der Waals surface area contributed by atoms with Gasteiger partial charge < -0.3 is 10.1 Å². The maximum Gasteiger partial charge on any atom is 0.266 e. The van der Waals surface area contributed by atoms with Crippen LogP contribution in [0.1, 0.15) is 22.3 Å². The molecule has 4 nitrogen and oxygen atoms in total. The number of nitriles is 1. The lowest BCUT2D eigenvalue weighted by molar-refractivity contribution is -0.112. The number of hydrogen-bond acceptors (Lipinski definition) is 3. The number of benzene rings is 3. The van der Waals surface area contributed by atoms with E-state index in [9.17, 15) is 10.1 Å². The molecule has 6 heteroatoms. The van der Waals surface area contributed by atoms with Crippen LogP contribution >= 0.6 is 27.5 Å². The van der Waals surface area contributed by atoms with Crippen molar-refractivity contribution in [2.75, 3.05) is 5.32 Å². The average molecular weight is 496 g/mol. The molecule has 156 valence electrons. The molecule has 3 rings (SSSR count). The molecule has 0 saturated carbocycles. The minimum atomic E-state index is -0.455. The second-order valence-electron chi connectivity index (χ2n) is 7.03. The molecule has 0 atom stereocenters. The molecule has 0 bridgehead atoms. The molecule has 0 fully saturated rings. The van der Waals surface area contributed by atoms with Crippen molar-refractivity contribution in [3.05, 3.63) is 98.0 Å². The molecule has 0 unspecified atom stereocenters. The third-order valence-corrected chi connectivity index (χ3v) is 5.34. The van der Waals surface area contributed by atoms with Crippen molar-refractivity contribution < 1.29 is 9.53 Å². The Morgan fingerprint density at radius 3 is 2.29 bits per heavy atom. The van der Waals surface area contributed by atoms with E-state index in [0.29, 0.717) is 17.3 Å². The topological polar surface area (TPSA) is 62.1 Å². The summed E-state index contributed by atoms with van der Waals surface area (Å²) in [7, 11) is 0. The summed E-state index contributed by atoms with van der Waals surface area (Å²) in [5.74, 6) is 0.327. The van der Waals surface area contributed by atoms with Crippen LogP contribution in [0, 0.1) is 25.2 Å². The molecular formula is C25H20BrClN2O2. The molecule has 0 aliphatic carbocycles. The SMILES string of the molecule is Cc1cc(/C=C(\C#N)C(=O)Nc2ccc(Br)cc2)cc(C)c1OCc1ccc(Cl)cc1. The van der Waals surface area contributed by atoms with Crippen molar-refractivity contribution in [3.8, 4) is 11.8 Å². The van der Waals surface area contributed by atoms with Crippen LogP contribution < -0.4 is 10.1 Å². The highest BCUT2D eigenvalue weighted by Gasteiger charge is 2.12. The van der Waals surface area contributed by atoms with Crippen LogP contribution in [-0.2, 0) is 11.4 Å². The normalized spacial score (nSPS) is 11.0. The summed E-state index contributed by atoms with van der Waals surface area (Å²) in [5, 5.41) is 12.9. The number of nitrogens with zero attached hydrogens (tertiary/aromatic N) is 1. The van der Waals surface area contributed by atoms with Gasteiger partial charge in [-0.3, -0.25) is 4.79 Å². The van der Waals surface area contributed by atoms with Gasteiger partial charge in [-0.1, -0.05) is 39.7 Å². The number of anilines is 1. The first-order valence-corrected chi connectivity index (χ1v) is 10.7. The van der Waals surface area contributed by atoms with Gasteiger partial charge in [-0.05, 0) is 90.7 Å². The second-order valence-corrected chi connectivity index (χ2v) is 8.38. The maximum absolute atomic E-state index is 12.5. The Bertz CT molecular complexity index is 1140. The fourth-order valence-corrected chi connectivity index (χ4v) is 3.47. The number of aryl methyl sites for hydroxylation is 2. The standard InChI is InChI=1S/C25H20BrClN2O2/c1-16-11-19(12-17(2)24(16)31-15-18-3-7-22(27)8-4-18)13-20(14-28)25(30)29-23-9-5-21(26)6-10-23/h3-13H,15H2,1-2H3,(H,29,30)/b20-13+. The first-order valence-electron chi connectivity index (χ1n) is 9.53. The van der Waals surface area contributed by atoms with Crippen LogP contribution in [0.2, 0.25) is 5.02 Å². The summed E-state index contributed by atoms with van der Waals surface area (Å²) in [4.78, 5) is 12.5. The Kier molecular flexibility index (Phi) is 7.51. The molecule has 0 saturated heterocycles. The van der Waals surface area contributed by atoms with E-state index in [-0.39, 0.29) is 5.57 Å². The first kappa shape index (κ1) is 22.6. The lowest BCUT2D eigenvalue weighted by Gasteiger charge is -2.13. The van der Waals surface area contributed by atoms with Crippen molar-refractivity contribution in [2.45, 2.75) is 20.5 Å². The number of ether oxygens (including phenoxy) is 1. The number of halogens is 2. The predicted molar refractivity (Wildman–Crippen MR) is 128 cm³/mol. The second kappa shape index (κ2) is 10.3. The maximum atomic E-state index is 12.5. The summed E-state index contributed by atoms with van der Waals surface area (Å²) in [6.07, 6.45) is 1.58. The Morgan fingerprint density at radius 1 is 1.10 bits per heavy atom. The van der Waals surface area contributed by atoms with E-state index in [1.165, 1.54) is 0 Å². The fourth-order valence-electron chi connectivity index (χ4n) is 3.08. The highest BCUT2D eigenvalue weighted by Crippen LogP contribution is 2.27. The van der Waals surface area contributed by atoms with Gasteiger partial charge in [-0.2, -0.15) is 5.26 Å². The van der Waals surface area contributed by atoms with Crippen LogP contribution in [-0.4, -0.2) is 5.91 Å². The highest BCUT2D eigenvalue weighted by atomic mass is 79.9. The molecule has 3 aromatic carbocycles. The van der Waals surface area contributed by atoms with Gasteiger partial charge in [-0.15, -0.1) is 0 Å². The fraction of sp³-hybridized carbons (Fsp3) is 0.120. The summed E-state index contributed by atoms with van der Waals surface area (Å²) >= 11 is 9.28. The summed E-state index contributed by atoms with van der Waals surface area (Å²) in [5.41, 5.74) is 4.26. The third kappa shape index (κ3) is 6.21. The molecule has 0 spiro atoms. The van der Waals surface area contributed by atoms with E-state index >= 15 is 0 Å². The van der Waals surface area contributed by atoms with Crippen molar-refractivity contribution >= 4 is 45.2 Å². The largest absolute Gasteiger partial charge is 0.488 e. The molecule has 1 N–H and O–H groups in total. The lowest BCUT2D eigenvalue weighted by Crippen LogP contribution is -2.13. The van der Waals surface area contributed by atoms with E-state index in [1.807, 2.05) is 68.4 Å². The van der Waals surface area contributed by atoms with Crippen molar-refractivity contribution in [3.63, 3.8) is 0 Å². The molecule has 0 aliphatic heterocycles. The van der Waals surface area contributed by atoms with Gasteiger partial charge in [0.1, 0.15) is 24.0 Å². The number of carbonyl (C=O) groups excluding carboxylic acids is 1. The summed E-state index contributed by atoms with van der Waals surface area (Å²) in [6, 6.07) is 20.5. The highest BCUT2D eigenvalue weighted by molar-refractivity contribution is 9.10. The van der Waals surface area contributed by atoms with Gasteiger partial charge in [0.05, 0.1) is 0 Å². The number of carbonyl (C=O) groups is 1. The van der Waals surface area contributed by atoms with Gasteiger partial charge in [-0.25, -0.2) is 0 Å². The summed E-state index contributed by atoms with van der Waals surface area (Å²) < 4.78 is 6.91. The Balaban J connectivity index is 1.76. The molecule has 3 aromatic rings. The summed E-state index contributed by atoms with van der Waals surface area (Å²) in [6.45, 7) is 4.30. The molecule has 31 heavy (non-hydrogen) atoms. The molecular weight excluding hydrogens is 476 g/mol. The van der Waals surface area contributed by atoms with Gasteiger partial charge >= 0.3 is 0 Å². The van der Waals surface area contributed by atoms with Crippen LogP contribution in [0.15, 0.2) is 70.7 Å². The van der Waals surface area contributed by atoms with Crippen molar-refractivity contribution in [1.82, 2.24) is 0 Å². The van der Waals surface area contributed by atoms with Gasteiger partial charge in [0.15, 0.2) is 0 Å². The molecule has 0 radical (unpaired) electrons. The van der Waals surface area contributed by atoms with Crippen LogP contribution in [0.3, 0.4) is 0 Å². The first-order chi connectivity index (χ1) is 14.9.